The summed E-state index contributed by atoms with van der Waals surface area (Å²) >= 11 is 0. The number of nitrogen functional groups attached to an aromatic ring is 1. The van der Waals surface area contributed by atoms with E-state index in [2.05, 4.69) is 25.3 Å². The maximum Gasteiger partial charge on any atom is 0.166 e. The predicted molar refractivity (Wildman–Crippen MR) is 115 cm³/mol. The number of fused-ring (bicyclic) bond motifs is 1. The molecule has 0 spiro atoms. The van der Waals surface area contributed by atoms with Crippen molar-refractivity contribution in [3.8, 4) is 22.4 Å². The number of anilines is 2. The van der Waals surface area contributed by atoms with Crippen LogP contribution in [0.25, 0.3) is 33.3 Å². The number of hydrogen-bond donors (Lipinski definition) is 2. The molecule has 1 aliphatic rings. The van der Waals surface area contributed by atoms with E-state index in [1.54, 1.807) is 12.4 Å². The molecule has 0 aliphatic carbocycles. The first-order chi connectivity index (χ1) is 14.7. The van der Waals surface area contributed by atoms with Gasteiger partial charge < -0.3 is 16.0 Å². The fraction of sp³-hybridized carbons (Fsp3) is 0.182. The van der Waals surface area contributed by atoms with Crippen molar-refractivity contribution in [1.29, 1.82) is 0 Å². The van der Waals surface area contributed by atoms with E-state index in [9.17, 15) is 4.39 Å². The van der Waals surface area contributed by atoms with E-state index >= 15 is 0 Å². The number of nitrogens with two attached hydrogens (primary N) is 1. The Balaban J connectivity index is 1.58. The van der Waals surface area contributed by atoms with Crippen molar-refractivity contribution in [2.45, 2.75) is 0 Å². The second-order valence-electron chi connectivity index (χ2n) is 7.19. The lowest BCUT2D eigenvalue weighted by Crippen LogP contribution is -2.44. The van der Waals surface area contributed by atoms with Crippen molar-refractivity contribution in [2.75, 3.05) is 36.8 Å². The van der Waals surface area contributed by atoms with Crippen LogP contribution in [0.5, 0.6) is 0 Å². The van der Waals surface area contributed by atoms with E-state index in [1.807, 2.05) is 35.2 Å². The van der Waals surface area contributed by atoms with Gasteiger partial charge in [0.25, 0.3) is 0 Å². The van der Waals surface area contributed by atoms with E-state index in [-0.39, 0.29) is 5.82 Å². The van der Waals surface area contributed by atoms with E-state index in [0.29, 0.717) is 22.9 Å². The van der Waals surface area contributed by atoms with Gasteiger partial charge in [-0.1, -0.05) is 6.07 Å². The van der Waals surface area contributed by atoms with Gasteiger partial charge in [0.1, 0.15) is 12.1 Å². The third-order valence-electron chi connectivity index (χ3n) is 5.26. The third kappa shape index (κ3) is 3.42. The summed E-state index contributed by atoms with van der Waals surface area (Å²) in [5, 5.41) is 4.08. The number of halogens is 1. The van der Waals surface area contributed by atoms with E-state index in [1.165, 1.54) is 12.4 Å². The molecule has 0 unspecified atom stereocenters. The molecule has 0 atom stereocenters. The molecule has 0 amide bonds. The van der Waals surface area contributed by atoms with Gasteiger partial charge in [0, 0.05) is 49.5 Å². The smallest absolute Gasteiger partial charge is 0.166 e. The van der Waals surface area contributed by atoms with E-state index in [4.69, 9.17) is 5.73 Å². The zero-order valence-electron chi connectivity index (χ0n) is 16.2. The van der Waals surface area contributed by atoms with Crippen LogP contribution in [0.3, 0.4) is 0 Å². The van der Waals surface area contributed by atoms with Crippen molar-refractivity contribution >= 4 is 22.5 Å². The summed E-state index contributed by atoms with van der Waals surface area (Å²) in [7, 11) is 0. The van der Waals surface area contributed by atoms with Crippen molar-refractivity contribution in [2.24, 2.45) is 0 Å². The Kier molecular flexibility index (Phi) is 4.68. The van der Waals surface area contributed by atoms with Crippen molar-refractivity contribution in [3.05, 3.63) is 60.9 Å². The number of aromatic nitrogens is 4. The van der Waals surface area contributed by atoms with Crippen LogP contribution in [-0.4, -0.2) is 46.1 Å². The molecule has 3 N–H and O–H groups in total. The second-order valence-corrected chi connectivity index (χ2v) is 7.19. The van der Waals surface area contributed by atoms with Crippen molar-refractivity contribution in [3.63, 3.8) is 0 Å². The maximum atomic E-state index is 14.9. The summed E-state index contributed by atoms with van der Waals surface area (Å²) in [6.07, 6.45) is 4.84. The van der Waals surface area contributed by atoms with Gasteiger partial charge in [0.05, 0.1) is 11.2 Å². The van der Waals surface area contributed by atoms with Crippen LogP contribution in [0.4, 0.5) is 16.0 Å². The lowest BCUT2D eigenvalue weighted by molar-refractivity contribution is 0.559. The largest absolute Gasteiger partial charge is 0.384 e. The van der Waals surface area contributed by atoms with Crippen molar-refractivity contribution < 1.29 is 4.39 Å². The van der Waals surface area contributed by atoms with Gasteiger partial charge >= 0.3 is 0 Å². The Morgan fingerprint density at radius 1 is 0.900 bits per heavy atom. The molecule has 4 aromatic rings. The minimum atomic E-state index is -0.348. The van der Waals surface area contributed by atoms with Gasteiger partial charge in [-0.3, -0.25) is 0 Å². The monoisotopic (exact) mass is 401 g/mol. The van der Waals surface area contributed by atoms with Gasteiger partial charge in [-0.15, -0.1) is 0 Å². The van der Waals surface area contributed by atoms with Crippen LogP contribution in [0.15, 0.2) is 55.1 Å². The Bertz CT molecular complexity index is 1220. The maximum absolute atomic E-state index is 14.9. The molecule has 0 bridgehead atoms. The second kappa shape index (κ2) is 7.64. The molecular weight excluding hydrogens is 381 g/mol. The average molecular weight is 401 g/mol. The van der Waals surface area contributed by atoms with Crippen LogP contribution in [0.1, 0.15) is 0 Å². The Labute approximate surface area is 172 Å². The molecule has 1 aliphatic heterocycles. The molecule has 1 fully saturated rings. The SMILES string of the molecule is Nc1cc(-c2ccc3ncnc(-c4cnc(N5CCNCC5)c(F)c4)c3c2)ccn1. The van der Waals surface area contributed by atoms with Crippen molar-refractivity contribution in [1.82, 2.24) is 25.3 Å². The molecular formula is C22H20FN7. The average Bonchev–Trinajstić information content (AvgIpc) is 2.79. The molecule has 0 radical (unpaired) electrons. The molecule has 7 nitrogen and oxygen atoms in total. The Morgan fingerprint density at radius 3 is 2.53 bits per heavy atom. The first-order valence-corrected chi connectivity index (χ1v) is 9.77. The van der Waals surface area contributed by atoms with E-state index < -0.39 is 0 Å². The first kappa shape index (κ1) is 18.4. The summed E-state index contributed by atoms with van der Waals surface area (Å²) in [5.41, 5.74) is 9.76. The summed E-state index contributed by atoms with van der Waals surface area (Å²) in [4.78, 5) is 19.2. The minimum absolute atomic E-state index is 0.348. The number of nitrogens with one attached hydrogen (secondary N) is 1. The zero-order chi connectivity index (χ0) is 20.5. The van der Waals surface area contributed by atoms with Gasteiger partial charge in [-0.25, -0.2) is 24.3 Å². The van der Waals surface area contributed by atoms with Crippen LogP contribution < -0.4 is 16.0 Å². The highest BCUT2D eigenvalue weighted by atomic mass is 19.1. The highest BCUT2D eigenvalue weighted by molar-refractivity contribution is 5.95. The Hall–Kier alpha value is -3.65. The number of pyridine rings is 2. The summed E-state index contributed by atoms with van der Waals surface area (Å²) in [6, 6.07) is 11.1. The number of hydrogen-bond acceptors (Lipinski definition) is 7. The number of benzene rings is 1. The predicted octanol–water partition coefficient (Wildman–Crippen LogP) is 2.88. The lowest BCUT2D eigenvalue weighted by atomic mass is 10.0. The fourth-order valence-electron chi connectivity index (χ4n) is 3.76. The molecule has 8 heteroatoms. The summed E-state index contributed by atoms with van der Waals surface area (Å²) < 4.78 is 14.9. The van der Waals surface area contributed by atoms with Gasteiger partial charge in [0.15, 0.2) is 11.6 Å². The van der Waals surface area contributed by atoms with Gasteiger partial charge in [-0.2, -0.15) is 0 Å². The molecule has 1 saturated heterocycles. The summed E-state index contributed by atoms with van der Waals surface area (Å²) in [6.45, 7) is 3.11. The fourth-order valence-corrected chi connectivity index (χ4v) is 3.76. The molecule has 1 aromatic carbocycles. The number of piperazine rings is 1. The molecule has 4 heterocycles. The van der Waals surface area contributed by atoms with Crippen LogP contribution in [0, 0.1) is 5.82 Å². The van der Waals surface area contributed by atoms with Crippen LogP contribution in [-0.2, 0) is 0 Å². The lowest BCUT2D eigenvalue weighted by Gasteiger charge is -2.28. The van der Waals surface area contributed by atoms with E-state index in [0.717, 1.165) is 48.2 Å². The minimum Gasteiger partial charge on any atom is -0.384 e. The quantitative estimate of drug-likeness (QED) is 0.545. The number of rotatable bonds is 3. The topological polar surface area (TPSA) is 92.8 Å². The molecule has 150 valence electrons. The normalized spacial score (nSPS) is 14.2. The van der Waals surface area contributed by atoms with Gasteiger partial charge in [0.2, 0.25) is 0 Å². The zero-order valence-corrected chi connectivity index (χ0v) is 16.2. The highest BCUT2D eigenvalue weighted by Gasteiger charge is 2.18. The molecule has 3 aromatic heterocycles. The number of nitrogens with zero attached hydrogens (tertiary/aromatic N) is 5. The van der Waals surface area contributed by atoms with Crippen LogP contribution in [0.2, 0.25) is 0 Å². The third-order valence-corrected chi connectivity index (χ3v) is 5.26. The molecule has 0 saturated carbocycles. The molecule has 5 rings (SSSR count). The highest BCUT2D eigenvalue weighted by Crippen LogP contribution is 2.31. The van der Waals surface area contributed by atoms with Gasteiger partial charge in [-0.05, 0) is 41.5 Å². The molecule has 30 heavy (non-hydrogen) atoms. The standard InChI is InChI=1S/C22H20FN7/c23-18-10-16(12-27-22(18)30-7-5-25-6-8-30)21-17-9-14(1-2-19(17)28-13-29-21)15-3-4-26-20(24)11-15/h1-4,9-13,25H,5-8H2,(H2,24,26). The first-order valence-electron chi connectivity index (χ1n) is 9.77. The Morgan fingerprint density at radius 2 is 1.73 bits per heavy atom. The van der Waals surface area contributed by atoms with Crippen LogP contribution >= 0.6 is 0 Å². The summed E-state index contributed by atoms with van der Waals surface area (Å²) in [5.74, 6) is 0.484.